The van der Waals surface area contributed by atoms with Crippen LogP contribution in [0.2, 0.25) is 0 Å². The van der Waals surface area contributed by atoms with Gasteiger partial charge in [-0.25, -0.2) is 4.68 Å². The summed E-state index contributed by atoms with van der Waals surface area (Å²) >= 11 is 0. The Balaban J connectivity index is 1.91. The number of likely N-dealkylation sites (N-methyl/N-ethyl adjacent to an activating group) is 1. The highest BCUT2D eigenvalue weighted by molar-refractivity contribution is 6.00. The van der Waals surface area contributed by atoms with Gasteiger partial charge in [-0.3, -0.25) is 4.79 Å². The van der Waals surface area contributed by atoms with Crippen molar-refractivity contribution in [2.75, 3.05) is 33.8 Å². The van der Waals surface area contributed by atoms with Crippen LogP contribution in [0.1, 0.15) is 17.3 Å². The van der Waals surface area contributed by atoms with Gasteiger partial charge in [-0.1, -0.05) is 25.1 Å². The SMILES string of the molecule is CCN(C)CCNC(=O)c1cn(-c2ccccc2)nc1-c1ccc(OC)cc1. The van der Waals surface area contributed by atoms with Crippen molar-refractivity contribution in [3.8, 4) is 22.7 Å². The summed E-state index contributed by atoms with van der Waals surface area (Å²) < 4.78 is 6.98. The number of aromatic nitrogens is 2. The number of ether oxygens (including phenoxy) is 1. The lowest BCUT2D eigenvalue weighted by atomic mass is 10.1. The van der Waals surface area contributed by atoms with E-state index in [1.54, 1.807) is 18.0 Å². The molecule has 1 amide bonds. The van der Waals surface area contributed by atoms with E-state index in [0.717, 1.165) is 30.1 Å². The van der Waals surface area contributed by atoms with E-state index in [4.69, 9.17) is 9.84 Å². The third-order valence-electron chi connectivity index (χ3n) is 4.66. The molecule has 1 heterocycles. The van der Waals surface area contributed by atoms with Gasteiger partial charge in [0.1, 0.15) is 11.4 Å². The highest BCUT2D eigenvalue weighted by Crippen LogP contribution is 2.25. The third-order valence-corrected chi connectivity index (χ3v) is 4.66. The van der Waals surface area contributed by atoms with Gasteiger partial charge in [0, 0.05) is 24.8 Å². The van der Waals surface area contributed by atoms with Crippen LogP contribution in [0, 0.1) is 0 Å². The first-order chi connectivity index (χ1) is 13.6. The Bertz CT molecular complexity index is 904. The van der Waals surface area contributed by atoms with Gasteiger partial charge in [-0.2, -0.15) is 5.10 Å². The molecule has 6 nitrogen and oxygen atoms in total. The molecule has 3 rings (SSSR count). The molecule has 3 aromatic rings. The van der Waals surface area contributed by atoms with Crippen molar-refractivity contribution in [1.29, 1.82) is 0 Å². The lowest BCUT2D eigenvalue weighted by molar-refractivity contribution is 0.0951. The first-order valence-electron chi connectivity index (χ1n) is 9.38. The second-order valence-corrected chi connectivity index (χ2v) is 6.55. The number of para-hydroxylation sites is 1. The van der Waals surface area contributed by atoms with Crippen LogP contribution < -0.4 is 10.1 Å². The fourth-order valence-electron chi connectivity index (χ4n) is 2.83. The number of nitrogens with zero attached hydrogens (tertiary/aromatic N) is 3. The van der Waals surface area contributed by atoms with Crippen molar-refractivity contribution in [3.05, 3.63) is 66.4 Å². The normalized spacial score (nSPS) is 10.9. The molecule has 2 aromatic carbocycles. The van der Waals surface area contributed by atoms with Crippen LogP contribution in [0.3, 0.4) is 0 Å². The molecule has 0 spiro atoms. The Labute approximate surface area is 165 Å². The number of nitrogens with one attached hydrogen (secondary N) is 1. The molecule has 0 aliphatic rings. The predicted octanol–water partition coefficient (Wildman–Crippen LogP) is 3.23. The van der Waals surface area contributed by atoms with Crippen molar-refractivity contribution in [1.82, 2.24) is 20.0 Å². The molecule has 1 aromatic heterocycles. The van der Waals surface area contributed by atoms with E-state index in [9.17, 15) is 4.79 Å². The van der Waals surface area contributed by atoms with Crippen molar-refractivity contribution in [2.45, 2.75) is 6.92 Å². The number of hydrogen-bond donors (Lipinski definition) is 1. The molecular formula is C22H26N4O2. The van der Waals surface area contributed by atoms with Crippen LogP contribution in [0.5, 0.6) is 5.75 Å². The Hall–Kier alpha value is -3.12. The van der Waals surface area contributed by atoms with Crippen molar-refractivity contribution in [2.24, 2.45) is 0 Å². The van der Waals surface area contributed by atoms with Gasteiger partial charge in [0.05, 0.1) is 18.4 Å². The standard InChI is InChI=1S/C22H26N4O2/c1-4-25(2)15-14-23-22(27)20-16-26(18-8-6-5-7-9-18)24-21(20)17-10-12-19(28-3)13-11-17/h5-13,16H,4,14-15H2,1-3H3,(H,23,27). The first-order valence-corrected chi connectivity index (χ1v) is 9.38. The highest BCUT2D eigenvalue weighted by atomic mass is 16.5. The number of rotatable bonds is 8. The van der Waals surface area contributed by atoms with Gasteiger partial charge in [0.15, 0.2) is 0 Å². The first kappa shape index (κ1) is 19.6. The minimum atomic E-state index is -0.127. The Kier molecular flexibility index (Phi) is 6.45. The maximum absolute atomic E-state index is 12.9. The minimum Gasteiger partial charge on any atom is -0.497 e. The average Bonchev–Trinajstić information content (AvgIpc) is 3.20. The lowest BCUT2D eigenvalue weighted by Gasteiger charge is -2.13. The van der Waals surface area contributed by atoms with Gasteiger partial charge >= 0.3 is 0 Å². The van der Waals surface area contributed by atoms with Gasteiger partial charge in [0.25, 0.3) is 5.91 Å². The van der Waals surface area contributed by atoms with Gasteiger partial charge < -0.3 is 15.0 Å². The van der Waals surface area contributed by atoms with E-state index < -0.39 is 0 Å². The second kappa shape index (κ2) is 9.19. The molecule has 0 atom stereocenters. The van der Waals surface area contributed by atoms with E-state index in [0.29, 0.717) is 17.8 Å². The molecule has 0 unspecified atom stereocenters. The average molecular weight is 378 g/mol. The van der Waals surface area contributed by atoms with Crippen molar-refractivity contribution < 1.29 is 9.53 Å². The predicted molar refractivity (Wildman–Crippen MR) is 111 cm³/mol. The maximum Gasteiger partial charge on any atom is 0.255 e. The minimum absolute atomic E-state index is 0.127. The second-order valence-electron chi connectivity index (χ2n) is 6.55. The van der Waals surface area contributed by atoms with E-state index in [2.05, 4.69) is 17.1 Å². The molecular weight excluding hydrogens is 352 g/mol. The number of amides is 1. The molecule has 0 fully saturated rings. The smallest absolute Gasteiger partial charge is 0.255 e. The van der Waals surface area contributed by atoms with E-state index in [1.165, 1.54) is 0 Å². The van der Waals surface area contributed by atoms with Crippen LogP contribution in [-0.2, 0) is 0 Å². The fourth-order valence-corrected chi connectivity index (χ4v) is 2.83. The van der Waals surface area contributed by atoms with Gasteiger partial charge in [0.2, 0.25) is 0 Å². The topological polar surface area (TPSA) is 59.4 Å². The molecule has 0 bridgehead atoms. The summed E-state index contributed by atoms with van der Waals surface area (Å²) in [5, 5.41) is 7.69. The molecule has 0 radical (unpaired) electrons. The number of carbonyl (C=O) groups is 1. The summed E-state index contributed by atoms with van der Waals surface area (Å²) in [5.74, 6) is 0.636. The van der Waals surface area contributed by atoms with Crippen LogP contribution >= 0.6 is 0 Å². The van der Waals surface area contributed by atoms with Gasteiger partial charge in [-0.15, -0.1) is 0 Å². The lowest BCUT2D eigenvalue weighted by Crippen LogP contribution is -2.32. The van der Waals surface area contributed by atoms with Gasteiger partial charge in [-0.05, 0) is 50.0 Å². The number of carbonyl (C=O) groups excluding carboxylic acids is 1. The molecule has 0 aliphatic heterocycles. The quantitative estimate of drug-likeness (QED) is 0.654. The fraction of sp³-hybridized carbons (Fsp3) is 0.273. The van der Waals surface area contributed by atoms with E-state index in [-0.39, 0.29) is 5.91 Å². The Morgan fingerprint density at radius 2 is 1.86 bits per heavy atom. The van der Waals surface area contributed by atoms with E-state index in [1.807, 2.05) is 61.6 Å². The summed E-state index contributed by atoms with van der Waals surface area (Å²) in [7, 11) is 3.66. The molecule has 1 N–H and O–H groups in total. The number of benzene rings is 2. The van der Waals surface area contributed by atoms with Crippen LogP contribution in [0.4, 0.5) is 0 Å². The Morgan fingerprint density at radius 1 is 1.14 bits per heavy atom. The Morgan fingerprint density at radius 3 is 2.50 bits per heavy atom. The molecule has 0 saturated carbocycles. The zero-order valence-electron chi connectivity index (χ0n) is 16.6. The monoisotopic (exact) mass is 378 g/mol. The zero-order valence-corrected chi connectivity index (χ0v) is 16.6. The van der Waals surface area contributed by atoms with Crippen LogP contribution in [0.15, 0.2) is 60.8 Å². The number of hydrogen-bond acceptors (Lipinski definition) is 4. The highest BCUT2D eigenvalue weighted by Gasteiger charge is 2.18. The van der Waals surface area contributed by atoms with Crippen LogP contribution in [0.25, 0.3) is 16.9 Å². The molecule has 0 aliphatic carbocycles. The molecule has 146 valence electrons. The van der Waals surface area contributed by atoms with Crippen molar-refractivity contribution in [3.63, 3.8) is 0 Å². The summed E-state index contributed by atoms with van der Waals surface area (Å²) in [5.41, 5.74) is 2.97. The molecule has 0 saturated heterocycles. The molecule has 28 heavy (non-hydrogen) atoms. The number of methoxy groups -OCH3 is 1. The summed E-state index contributed by atoms with van der Waals surface area (Å²) in [4.78, 5) is 15.0. The van der Waals surface area contributed by atoms with E-state index >= 15 is 0 Å². The maximum atomic E-state index is 12.9. The summed E-state index contributed by atoms with van der Waals surface area (Å²) in [6.45, 7) is 4.42. The summed E-state index contributed by atoms with van der Waals surface area (Å²) in [6.07, 6.45) is 1.79. The zero-order chi connectivity index (χ0) is 19.9. The third kappa shape index (κ3) is 4.58. The van der Waals surface area contributed by atoms with Crippen molar-refractivity contribution >= 4 is 5.91 Å². The summed E-state index contributed by atoms with van der Waals surface area (Å²) in [6, 6.07) is 17.3. The largest absolute Gasteiger partial charge is 0.497 e. The molecule has 6 heteroatoms. The van der Waals surface area contributed by atoms with Crippen LogP contribution in [-0.4, -0.2) is 54.4 Å².